The van der Waals surface area contributed by atoms with Gasteiger partial charge in [-0.05, 0) is 30.3 Å². The molecule has 3 aromatic rings. The average molecular weight is 455 g/mol. The van der Waals surface area contributed by atoms with Crippen LogP contribution in [0.25, 0.3) is 22.6 Å². The Hall–Kier alpha value is -2.92. The van der Waals surface area contributed by atoms with Crippen molar-refractivity contribution in [2.75, 3.05) is 51.0 Å². The third-order valence-corrected chi connectivity index (χ3v) is 5.80. The molecule has 2 fully saturated rings. The van der Waals surface area contributed by atoms with E-state index in [0.717, 1.165) is 18.7 Å². The first-order chi connectivity index (χ1) is 16.0. The summed E-state index contributed by atoms with van der Waals surface area (Å²) in [5, 5.41) is 9.57. The van der Waals surface area contributed by atoms with Crippen LogP contribution in [0.4, 0.5) is 10.3 Å². The molecule has 4 heterocycles. The van der Waals surface area contributed by atoms with E-state index in [1.807, 2.05) is 6.92 Å². The van der Waals surface area contributed by atoms with Gasteiger partial charge in [-0.25, -0.2) is 19.3 Å². The fourth-order valence-electron chi connectivity index (χ4n) is 3.80. The summed E-state index contributed by atoms with van der Waals surface area (Å²) in [4.78, 5) is 19.3. The van der Waals surface area contributed by atoms with Crippen LogP contribution in [0.2, 0.25) is 0 Å². The van der Waals surface area contributed by atoms with Crippen molar-refractivity contribution in [3.63, 3.8) is 0 Å². The Morgan fingerprint density at radius 1 is 1.12 bits per heavy atom. The zero-order valence-corrected chi connectivity index (χ0v) is 18.3. The standard InChI is InChI=1S/C23H26FN5O4/c1-23(12-30)13-32-21(33-14-23)20-27-18(15-2-4-16(24)5-3-15)19(28-20)17-6-7-25-22(26-17)29-8-10-31-11-9-29/h2-7,21,30H,8-14H2,1H3,(H,27,28). The van der Waals surface area contributed by atoms with Gasteiger partial charge < -0.3 is 29.2 Å². The molecule has 0 amide bonds. The van der Waals surface area contributed by atoms with E-state index in [9.17, 15) is 9.50 Å². The molecule has 33 heavy (non-hydrogen) atoms. The lowest BCUT2D eigenvalue weighted by molar-refractivity contribution is -0.239. The second-order valence-corrected chi connectivity index (χ2v) is 8.62. The fraction of sp³-hybridized carbons (Fsp3) is 0.435. The molecule has 2 saturated heterocycles. The van der Waals surface area contributed by atoms with Crippen molar-refractivity contribution >= 4 is 5.95 Å². The van der Waals surface area contributed by atoms with Crippen LogP contribution in [0, 0.1) is 11.2 Å². The first kappa shape index (κ1) is 21.9. The normalized spacial score (nSPS) is 23.6. The second kappa shape index (κ2) is 9.14. The van der Waals surface area contributed by atoms with Gasteiger partial charge in [0.2, 0.25) is 12.2 Å². The Bertz CT molecular complexity index is 1090. The number of hydrogen-bond donors (Lipinski definition) is 2. The molecule has 2 aliphatic heterocycles. The number of aromatic amines is 1. The van der Waals surface area contributed by atoms with Gasteiger partial charge in [0, 0.05) is 30.3 Å². The Balaban J connectivity index is 1.51. The minimum atomic E-state index is -0.710. The molecule has 0 atom stereocenters. The molecule has 2 N–H and O–H groups in total. The van der Waals surface area contributed by atoms with E-state index in [0.29, 0.717) is 55.3 Å². The van der Waals surface area contributed by atoms with Crippen molar-refractivity contribution in [1.29, 1.82) is 0 Å². The first-order valence-electron chi connectivity index (χ1n) is 10.9. The number of nitrogens with zero attached hydrogens (tertiary/aromatic N) is 4. The highest BCUT2D eigenvalue weighted by Crippen LogP contribution is 2.35. The van der Waals surface area contributed by atoms with Crippen molar-refractivity contribution in [3.8, 4) is 22.6 Å². The van der Waals surface area contributed by atoms with Gasteiger partial charge in [0.15, 0.2) is 5.82 Å². The zero-order valence-electron chi connectivity index (χ0n) is 18.3. The minimum Gasteiger partial charge on any atom is -0.396 e. The van der Waals surface area contributed by atoms with Gasteiger partial charge in [0.1, 0.15) is 5.82 Å². The molecular formula is C23H26FN5O4. The maximum Gasteiger partial charge on any atom is 0.226 e. The van der Waals surface area contributed by atoms with E-state index in [-0.39, 0.29) is 12.4 Å². The minimum absolute atomic E-state index is 0.0325. The lowest BCUT2D eigenvalue weighted by atomic mass is 9.94. The SMILES string of the molecule is CC1(CO)COC(c2nc(-c3ccc(F)cc3)c(-c3ccnc(N4CCOCC4)n3)[nH]2)OC1. The maximum absolute atomic E-state index is 13.6. The quantitative estimate of drug-likeness (QED) is 0.605. The van der Waals surface area contributed by atoms with Gasteiger partial charge in [0.05, 0.1) is 50.1 Å². The van der Waals surface area contributed by atoms with Gasteiger partial charge in [0.25, 0.3) is 0 Å². The number of hydrogen-bond acceptors (Lipinski definition) is 8. The molecule has 2 aliphatic rings. The van der Waals surface area contributed by atoms with Crippen LogP contribution in [0.3, 0.4) is 0 Å². The number of nitrogens with one attached hydrogen (secondary N) is 1. The smallest absolute Gasteiger partial charge is 0.226 e. The monoisotopic (exact) mass is 455 g/mol. The number of rotatable bonds is 5. The van der Waals surface area contributed by atoms with E-state index < -0.39 is 11.7 Å². The molecule has 9 nitrogen and oxygen atoms in total. The number of imidazole rings is 1. The Morgan fingerprint density at radius 3 is 2.55 bits per heavy atom. The molecular weight excluding hydrogens is 429 g/mol. The van der Waals surface area contributed by atoms with Gasteiger partial charge in [-0.15, -0.1) is 0 Å². The van der Waals surface area contributed by atoms with Crippen molar-refractivity contribution in [2.45, 2.75) is 13.2 Å². The number of aliphatic hydroxyl groups is 1. The highest BCUT2D eigenvalue weighted by atomic mass is 19.1. The van der Waals surface area contributed by atoms with Gasteiger partial charge in [-0.3, -0.25) is 0 Å². The van der Waals surface area contributed by atoms with Gasteiger partial charge in [-0.1, -0.05) is 6.92 Å². The largest absolute Gasteiger partial charge is 0.396 e. The number of morpholine rings is 1. The molecule has 174 valence electrons. The van der Waals surface area contributed by atoms with E-state index in [1.165, 1.54) is 12.1 Å². The molecule has 0 radical (unpaired) electrons. The lowest BCUT2D eigenvalue weighted by Crippen LogP contribution is -2.39. The van der Waals surface area contributed by atoms with Gasteiger partial charge >= 0.3 is 0 Å². The fourth-order valence-corrected chi connectivity index (χ4v) is 3.80. The number of aliphatic hydroxyl groups excluding tert-OH is 1. The average Bonchev–Trinajstić information content (AvgIpc) is 3.31. The van der Waals surface area contributed by atoms with Crippen LogP contribution >= 0.6 is 0 Å². The number of aromatic nitrogens is 4. The molecule has 0 spiro atoms. The molecule has 2 aromatic heterocycles. The van der Waals surface area contributed by atoms with E-state index in [2.05, 4.69) is 14.9 Å². The summed E-state index contributed by atoms with van der Waals surface area (Å²) in [6, 6.07) is 7.95. The summed E-state index contributed by atoms with van der Waals surface area (Å²) in [5.41, 5.74) is 2.21. The number of benzene rings is 1. The highest BCUT2D eigenvalue weighted by molar-refractivity contribution is 5.77. The number of anilines is 1. The summed E-state index contributed by atoms with van der Waals surface area (Å²) in [5.74, 6) is 0.770. The molecule has 1 aromatic carbocycles. The maximum atomic E-state index is 13.6. The van der Waals surface area contributed by atoms with Crippen molar-refractivity contribution in [1.82, 2.24) is 19.9 Å². The molecule has 10 heteroatoms. The van der Waals surface area contributed by atoms with E-state index in [4.69, 9.17) is 24.2 Å². The Morgan fingerprint density at radius 2 is 1.85 bits per heavy atom. The predicted molar refractivity (Wildman–Crippen MR) is 118 cm³/mol. The predicted octanol–water partition coefficient (Wildman–Crippen LogP) is 2.55. The number of ether oxygens (including phenoxy) is 3. The number of H-pyrrole nitrogens is 1. The summed E-state index contributed by atoms with van der Waals surface area (Å²) in [6.45, 7) is 5.24. The molecule has 0 saturated carbocycles. The zero-order chi connectivity index (χ0) is 22.8. The summed E-state index contributed by atoms with van der Waals surface area (Å²) < 4.78 is 30.7. The third kappa shape index (κ3) is 4.60. The van der Waals surface area contributed by atoms with Crippen LogP contribution < -0.4 is 4.90 Å². The van der Waals surface area contributed by atoms with Crippen LogP contribution in [-0.2, 0) is 14.2 Å². The lowest BCUT2D eigenvalue weighted by Gasteiger charge is -2.35. The van der Waals surface area contributed by atoms with Crippen molar-refractivity contribution in [2.24, 2.45) is 5.41 Å². The van der Waals surface area contributed by atoms with Crippen LogP contribution in [0.1, 0.15) is 19.0 Å². The van der Waals surface area contributed by atoms with Crippen LogP contribution in [0.5, 0.6) is 0 Å². The molecule has 0 unspecified atom stereocenters. The summed E-state index contributed by atoms with van der Waals surface area (Å²) in [6.07, 6.45) is 1.00. The third-order valence-electron chi connectivity index (χ3n) is 5.80. The van der Waals surface area contributed by atoms with Crippen molar-refractivity contribution < 1.29 is 23.7 Å². The summed E-state index contributed by atoms with van der Waals surface area (Å²) in [7, 11) is 0. The number of halogens is 1. The topological polar surface area (TPSA) is 106 Å². The van der Waals surface area contributed by atoms with E-state index in [1.54, 1.807) is 24.4 Å². The van der Waals surface area contributed by atoms with Crippen molar-refractivity contribution in [3.05, 3.63) is 48.2 Å². The van der Waals surface area contributed by atoms with E-state index >= 15 is 0 Å². The van der Waals surface area contributed by atoms with Gasteiger partial charge in [-0.2, -0.15) is 0 Å². The second-order valence-electron chi connectivity index (χ2n) is 8.62. The summed E-state index contributed by atoms with van der Waals surface area (Å²) >= 11 is 0. The molecule has 0 aliphatic carbocycles. The Kier molecular flexibility index (Phi) is 6.07. The van der Waals surface area contributed by atoms with Crippen LogP contribution in [-0.4, -0.2) is 71.2 Å². The van der Waals surface area contributed by atoms with Crippen LogP contribution in [0.15, 0.2) is 36.5 Å². The first-order valence-corrected chi connectivity index (χ1v) is 10.9. The highest BCUT2D eigenvalue weighted by Gasteiger charge is 2.34. The Labute approximate surface area is 190 Å². The molecule has 5 rings (SSSR count). The molecule has 0 bridgehead atoms.